The van der Waals surface area contributed by atoms with Crippen molar-refractivity contribution in [1.29, 1.82) is 0 Å². The van der Waals surface area contributed by atoms with Crippen molar-refractivity contribution in [3.8, 4) is 21.8 Å². The molecule has 2 aromatic carbocycles. The van der Waals surface area contributed by atoms with Crippen LogP contribution in [0.25, 0.3) is 21.8 Å². The molecule has 0 N–H and O–H groups in total. The van der Waals surface area contributed by atoms with E-state index >= 15 is 0 Å². The van der Waals surface area contributed by atoms with Gasteiger partial charge in [0.05, 0.1) is 5.69 Å². The first kappa shape index (κ1) is 19.7. The predicted molar refractivity (Wildman–Crippen MR) is 125 cm³/mol. The topological polar surface area (TPSA) is 29.0 Å². The molecule has 1 aliphatic heterocycles. The van der Waals surface area contributed by atoms with Crippen LogP contribution < -0.4 is 0 Å². The molecule has 6 heteroatoms. The molecule has 0 bridgehead atoms. The lowest BCUT2D eigenvalue weighted by Crippen LogP contribution is -2.30. The van der Waals surface area contributed by atoms with Crippen molar-refractivity contribution in [2.75, 3.05) is 6.54 Å². The van der Waals surface area contributed by atoms with Crippen LogP contribution in [0.4, 0.5) is 0 Å². The third kappa shape index (κ3) is 4.28. The van der Waals surface area contributed by atoms with Gasteiger partial charge >= 0.3 is 0 Å². The molecule has 0 spiro atoms. The molecule has 1 aliphatic rings. The third-order valence-electron chi connectivity index (χ3n) is 5.29. The van der Waals surface area contributed by atoms with Crippen molar-refractivity contribution in [2.24, 2.45) is 0 Å². The van der Waals surface area contributed by atoms with Crippen molar-refractivity contribution in [3.05, 3.63) is 93.0 Å². The summed E-state index contributed by atoms with van der Waals surface area (Å²) in [5.41, 5.74) is 4.58. The van der Waals surface area contributed by atoms with Gasteiger partial charge in [0.2, 0.25) is 0 Å². The van der Waals surface area contributed by atoms with Crippen LogP contribution in [0.2, 0.25) is 10.0 Å². The van der Waals surface area contributed by atoms with Gasteiger partial charge in [0.15, 0.2) is 5.82 Å². The maximum Gasteiger partial charge on any atom is 0.159 e. The number of hydrogen-bond acceptors (Lipinski definition) is 4. The van der Waals surface area contributed by atoms with Gasteiger partial charge in [-0.05, 0) is 54.1 Å². The summed E-state index contributed by atoms with van der Waals surface area (Å²) >= 11 is 13.8. The number of hydrogen-bond donors (Lipinski definition) is 0. The molecule has 0 atom stereocenters. The molecule has 3 heterocycles. The first-order valence-corrected chi connectivity index (χ1v) is 11.4. The van der Waals surface area contributed by atoms with Gasteiger partial charge in [-0.2, -0.15) is 0 Å². The lowest BCUT2D eigenvalue weighted by molar-refractivity contribution is 0.245. The molecule has 3 nitrogen and oxygen atoms in total. The summed E-state index contributed by atoms with van der Waals surface area (Å²) in [6.07, 6.45) is 2.92. The van der Waals surface area contributed by atoms with Crippen LogP contribution in [0.15, 0.2) is 66.9 Å². The number of thiophene rings is 1. The van der Waals surface area contributed by atoms with Crippen LogP contribution in [0, 0.1) is 0 Å². The van der Waals surface area contributed by atoms with Crippen LogP contribution in [-0.2, 0) is 19.5 Å². The van der Waals surface area contributed by atoms with E-state index in [0.29, 0.717) is 0 Å². The number of aromatic nitrogens is 2. The van der Waals surface area contributed by atoms with Crippen LogP contribution in [0.3, 0.4) is 0 Å². The SMILES string of the molecule is Clc1ccc(-c2ncc3c(n2)CCN(Cc2ccc(-c4ccc(Cl)cc4)s2)C3)cc1. The molecule has 0 saturated heterocycles. The first-order valence-electron chi connectivity index (χ1n) is 9.82. The predicted octanol–water partition coefficient (Wildman–Crippen LogP) is 6.74. The van der Waals surface area contributed by atoms with E-state index in [9.17, 15) is 0 Å². The highest BCUT2D eigenvalue weighted by molar-refractivity contribution is 7.15. The Bertz CT molecular complexity index is 1170. The Morgan fingerprint density at radius 2 is 1.57 bits per heavy atom. The zero-order valence-corrected chi connectivity index (χ0v) is 18.5. The van der Waals surface area contributed by atoms with Gasteiger partial charge in [0.1, 0.15) is 0 Å². The van der Waals surface area contributed by atoms with Crippen LogP contribution in [0.5, 0.6) is 0 Å². The molecule has 0 radical (unpaired) electrons. The smallest absolute Gasteiger partial charge is 0.159 e. The average Bonchev–Trinajstić information content (AvgIpc) is 3.23. The number of benzene rings is 2. The van der Waals surface area contributed by atoms with E-state index in [1.165, 1.54) is 20.9 Å². The van der Waals surface area contributed by atoms with Gasteiger partial charge < -0.3 is 0 Å². The van der Waals surface area contributed by atoms with E-state index in [-0.39, 0.29) is 0 Å². The molecule has 150 valence electrons. The minimum Gasteiger partial charge on any atom is -0.293 e. The van der Waals surface area contributed by atoms with Gasteiger partial charge in [-0.1, -0.05) is 35.3 Å². The van der Waals surface area contributed by atoms with Crippen molar-refractivity contribution in [1.82, 2.24) is 14.9 Å². The van der Waals surface area contributed by atoms with E-state index in [1.807, 2.05) is 53.9 Å². The Hall–Kier alpha value is -2.24. The summed E-state index contributed by atoms with van der Waals surface area (Å²) in [7, 11) is 0. The molecule has 30 heavy (non-hydrogen) atoms. The first-order chi connectivity index (χ1) is 14.6. The maximum atomic E-state index is 6.01. The number of nitrogens with zero attached hydrogens (tertiary/aromatic N) is 3. The monoisotopic (exact) mass is 451 g/mol. The lowest BCUT2D eigenvalue weighted by Gasteiger charge is -2.27. The number of fused-ring (bicyclic) bond motifs is 1. The Morgan fingerprint density at radius 3 is 2.30 bits per heavy atom. The fraction of sp³-hybridized carbons (Fsp3) is 0.167. The van der Waals surface area contributed by atoms with Crippen LogP contribution >= 0.6 is 34.5 Å². The molecule has 5 rings (SSSR count). The molecule has 0 saturated carbocycles. The summed E-state index contributed by atoms with van der Waals surface area (Å²) in [5.74, 6) is 0.768. The van der Waals surface area contributed by atoms with E-state index in [1.54, 1.807) is 0 Å². The van der Waals surface area contributed by atoms with Gasteiger partial charge in [-0.15, -0.1) is 11.3 Å². The summed E-state index contributed by atoms with van der Waals surface area (Å²) in [5, 5.41) is 1.49. The molecular formula is C24H19Cl2N3S. The van der Waals surface area contributed by atoms with Gasteiger partial charge in [0, 0.05) is 63.2 Å². The van der Waals surface area contributed by atoms with E-state index in [4.69, 9.17) is 28.2 Å². The van der Waals surface area contributed by atoms with Gasteiger partial charge in [-0.25, -0.2) is 9.97 Å². The van der Waals surface area contributed by atoms with Gasteiger partial charge in [-0.3, -0.25) is 4.90 Å². The molecule has 4 aromatic rings. The fourth-order valence-electron chi connectivity index (χ4n) is 3.70. The maximum absolute atomic E-state index is 6.01. The van der Waals surface area contributed by atoms with E-state index < -0.39 is 0 Å². The highest BCUT2D eigenvalue weighted by Crippen LogP contribution is 2.31. The summed E-state index contributed by atoms with van der Waals surface area (Å²) < 4.78 is 0. The fourth-order valence-corrected chi connectivity index (χ4v) is 5.01. The second-order valence-electron chi connectivity index (χ2n) is 7.41. The van der Waals surface area contributed by atoms with Crippen molar-refractivity contribution >= 4 is 34.5 Å². The summed E-state index contributed by atoms with van der Waals surface area (Å²) in [6.45, 7) is 2.82. The normalized spacial score (nSPS) is 13.9. The van der Waals surface area contributed by atoms with Crippen molar-refractivity contribution in [2.45, 2.75) is 19.5 Å². The number of halogens is 2. The summed E-state index contributed by atoms with van der Waals surface area (Å²) in [6, 6.07) is 20.1. The quantitative estimate of drug-likeness (QED) is 0.344. The molecule has 0 fully saturated rings. The molecular weight excluding hydrogens is 433 g/mol. The zero-order chi connectivity index (χ0) is 20.5. The second-order valence-corrected chi connectivity index (χ2v) is 9.45. The van der Waals surface area contributed by atoms with E-state index in [0.717, 1.165) is 53.2 Å². The average molecular weight is 452 g/mol. The van der Waals surface area contributed by atoms with Gasteiger partial charge in [0.25, 0.3) is 0 Å². The summed E-state index contributed by atoms with van der Waals surface area (Å²) in [4.78, 5) is 14.5. The standard InChI is InChI=1S/C24H19Cl2N3S/c25-19-5-1-16(2-6-19)23-10-9-21(30-23)15-29-12-11-22-18(14-29)13-27-24(28-22)17-3-7-20(26)8-4-17/h1-10,13H,11-12,14-15H2. The highest BCUT2D eigenvalue weighted by Gasteiger charge is 2.19. The minimum absolute atomic E-state index is 0.722. The molecule has 0 unspecified atom stereocenters. The Balaban J connectivity index is 1.28. The Kier molecular flexibility index (Phi) is 5.57. The highest BCUT2D eigenvalue weighted by atomic mass is 35.5. The minimum atomic E-state index is 0.722. The van der Waals surface area contributed by atoms with Crippen molar-refractivity contribution < 1.29 is 0 Å². The largest absolute Gasteiger partial charge is 0.293 e. The molecule has 2 aromatic heterocycles. The number of rotatable bonds is 4. The Morgan fingerprint density at radius 1 is 0.867 bits per heavy atom. The van der Waals surface area contributed by atoms with E-state index in [2.05, 4.69) is 34.1 Å². The zero-order valence-electron chi connectivity index (χ0n) is 16.2. The van der Waals surface area contributed by atoms with Crippen LogP contribution in [-0.4, -0.2) is 21.4 Å². The molecule has 0 amide bonds. The second kappa shape index (κ2) is 8.48. The third-order valence-corrected chi connectivity index (χ3v) is 6.91. The molecule has 0 aliphatic carbocycles. The Labute approximate surface area is 190 Å². The lowest BCUT2D eigenvalue weighted by atomic mass is 10.1. The van der Waals surface area contributed by atoms with Crippen LogP contribution in [0.1, 0.15) is 16.1 Å². The van der Waals surface area contributed by atoms with Crippen molar-refractivity contribution in [3.63, 3.8) is 0 Å².